The first-order valence-electron chi connectivity index (χ1n) is 12.6. The number of ether oxygens (including phenoxy) is 1. The number of aromatic nitrogens is 6. The molecule has 2 atom stereocenters. The normalized spacial score (nSPS) is 24.5. The minimum atomic E-state index is -1.41. The van der Waals surface area contributed by atoms with Gasteiger partial charge in [0.25, 0.3) is 0 Å². The van der Waals surface area contributed by atoms with Gasteiger partial charge in [0.2, 0.25) is 5.95 Å². The molecule has 36 heavy (non-hydrogen) atoms. The maximum Gasteiger partial charge on any atom is 0.241 e. The summed E-state index contributed by atoms with van der Waals surface area (Å²) in [5.41, 5.74) is 2.91. The number of imidazole rings is 1. The number of aryl methyl sites for hydroxylation is 1. The van der Waals surface area contributed by atoms with Gasteiger partial charge in [0.05, 0.1) is 42.2 Å². The summed E-state index contributed by atoms with van der Waals surface area (Å²) in [6, 6.07) is 5.88. The van der Waals surface area contributed by atoms with E-state index in [1.54, 1.807) is 17.6 Å². The van der Waals surface area contributed by atoms with Gasteiger partial charge < -0.3 is 14.6 Å². The zero-order valence-corrected chi connectivity index (χ0v) is 21.5. The third-order valence-corrected chi connectivity index (χ3v) is 7.73. The molecule has 0 aromatic carbocycles. The molecule has 1 N–H and O–H groups in total. The monoisotopic (exact) mass is 494 g/mol. The summed E-state index contributed by atoms with van der Waals surface area (Å²) in [4.78, 5) is 16.3. The van der Waals surface area contributed by atoms with Gasteiger partial charge in [-0.05, 0) is 59.2 Å². The van der Waals surface area contributed by atoms with Gasteiger partial charge in [-0.2, -0.15) is 0 Å². The van der Waals surface area contributed by atoms with E-state index in [4.69, 9.17) is 9.72 Å². The molecule has 6 rings (SSSR count). The maximum absolute atomic E-state index is 15.7. The molecule has 2 unspecified atom stereocenters. The molecular formula is C26H35FN8O. The second kappa shape index (κ2) is 8.21. The van der Waals surface area contributed by atoms with Gasteiger partial charge in [-0.25, -0.2) is 23.9 Å². The number of hydrogen-bond acceptors (Lipinski definition) is 7. The van der Waals surface area contributed by atoms with Crippen LogP contribution in [0.2, 0.25) is 0 Å². The standard InChI is InChI=1S/C26H33FN8O.H2/c1-16(2)35-17(3)29-20-7-6-19(30-23(20)35)18-8-11-34-21(18)12-28-24(32-34)31-22-9-10-33(13-26(22,5)27)25(4)14-36-15-25;/h6-8,11-12,16,22H,9-10,13-15H2,1-5H3,(H,31,32);1H. The zero-order valence-electron chi connectivity index (χ0n) is 21.5. The van der Waals surface area contributed by atoms with Crippen LogP contribution in [-0.2, 0) is 4.74 Å². The first-order valence-corrected chi connectivity index (χ1v) is 12.6. The molecular weight excluding hydrogens is 459 g/mol. The number of nitrogens with one attached hydrogen (secondary N) is 1. The predicted octanol–water partition coefficient (Wildman–Crippen LogP) is 4.28. The lowest BCUT2D eigenvalue weighted by molar-refractivity contribution is -0.151. The van der Waals surface area contributed by atoms with E-state index in [0.717, 1.165) is 40.3 Å². The maximum atomic E-state index is 15.7. The van der Waals surface area contributed by atoms with E-state index in [9.17, 15) is 0 Å². The van der Waals surface area contributed by atoms with Crippen molar-refractivity contribution in [1.29, 1.82) is 0 Å². The number of alkyl halides is 1. The molecule has 192 valence electrons. The second-order valence-corrected chi connectivity index (χ2v) is 11.0. The van der Waals surface area contributed by atoms with Crippen molar-refractivity contribution in [2.75, 3.05) is 31.6 Å². The Morgan fingerprint density at radius 3 is 2.69 bits per heavy atom. The van der Waals surface area contributed by atoms with E-state index in [1.165, 1.54) is 0 Å². The van der Waals surface area contributed by atoms with Crippen molar-refractivity contribution in [2.45, 2.75) is 64.3 Å². The molecule has 0 aliphatic carbocycles. The highest BCUT2D eigenvalue weighted by Crippen LogP contribution is 2.34. The second-order valence-electron chi connectivity index (χ2n) is 11.0. The minimum absolute atomic E-state index is 0. The molecule has 0 saturated carbocycles. The largest absolute Gasteiger partial charge is 0.377 e. The average molecular weight is 495 g/mol. The van der Waals surface area contributed by atoms with Gasteiger partial charge >= 0.3 is 0 Å². The smallest absolute Gasteiger partial charge is 0.241 e. The fraction of sp³-hybridized carbons (Fsp3) is 0.538. The predicted molar refractivity (Wildman–Crippen MR) is 139 cm³/mol. The topological polar surface area (TPSA) is 85.4 Å². The van der Waals surface area contributed by atoms with Crippen molar-refractivity contribution in [1.82, 2.24) is 34.0 Å². The van der Waals surface area contributed by atoms with Crippen molar-refractivity contribution < 1.29 is 10.6 Å². The molecule has 2 fully saturated rings. The molecule has 2 aliphatic rings. The zero-order chi connectivity index (χ0) is 25.2. The minimum Gasteiger partial charge on any atom is -0.377 e. The first kappa shape index (κ1) is 23.3. The quantitative estimate of drug-likeness (QED) is 0.443. The Morgan fingerprint density at radius 1 is 1.19 bits per heavy atom. The van der Waals surface area contributed by atoms with Crippen LogP contribution in [0.3, 0.4) is 0 Å². The SMILES string of the molecule is Cc1nc2ccc(-c3ccn4nc(NC5CCN(C6(C)COC6)CC5(C)F)ncc34)nc2n1C(C)C.[HH]. The number of rotatable bonds is 5. The molecule has 9 nitrogen and oxygen atoms in total. The Balaban J connectivity index is 0.00000280. The number of likely N-dealkylation sites (tertiary alicyclic amines) is 1. The summed E-state index contributed by atoms with van der Waals surface area (Å²) in [6.07, 6.45) is 4.34. The van der Waals surface area contributed by atoms with Gasteiger partial charge in [0.15, 0.2) is 5.65 Å². The first-order chi connectivity index (χ1) is 17.1. The lowest BCUT2D eigenvalue weighted by Crippen LogP contribution is -2.67. The van der Waals surface area contributed by atoms with E-state index in [-0.39, 0.29) is 19.0 Å². The number of pyridine rings is 1. The third-order valence-electron chi connectivity index (χ3n) is 7.73. The van der Waals surface area contributed by atoms with Gasteiger partial charge in [-0.3, -0.25) is 4.90 Å². The molecule has 4 aromatic rings. The highest BCUT2D eigenvalue weighted by Gasteiger charge is 2.48. The van der Waals surface area contributed by atoms with E-state index in [2.05, 4.69) is 50.6 Å². The van der Waals surface area contributed by atoms with Crippen LogP contribution in [0.1, 0.15) is 47.4 Å². The molecule has 2 saturated heterocycles. The number of hydrogen-bond donors (Lipinski definition) is 1. The van der Waals surface area contributed by atoms with Crippen LogP contribution in [0.4, 0.5) is 10.3 Å². The Morgan fingerprint density at radius 2 is 2.00 bits per heavy atom. The van der Waals surface area contributed by atoms with Crippen LogP contribution >= 0.6 is 0 Å². The Hall–Kier alpha value is -3.11. The van der Waals surface area contributed by atoms with Crippen molar-refractivity contribution in [3.05, 3.63) is 36.4 Å². The molecule has 4 aromatic heterocycles. The van der Waals surface area contributed by atoms with Gasteiger partial charge in [-0.15, -0.1) is 5.10 Å². The van der Waals surface area contributed by atoms with Crippen molar-refractivity contribution in [2.24, 2.45) is 0 Å². The highest BCUT2D eigenvalue weighted by molar-refractivity contribution is 5.82. The van der Waals surface area contributed by atoms with Gasteiger partial charge in [0, 0.05) is 32.3 Å². The summed E-state index contributed by atoms with van der Waals surface area (Å²) >= 11 is 0. The fourth-order valence-corrected chi connectivity index (χ4v) is 5.61. The van der Waals surface area contributed by atoms with Crippen molar-refractivity contribution >= 4 is 22.6 Å². The van der Waals surface area contributed by atoms with Gasteiger partial charge in [-0.1, -0.05) is 0 Å². The Labute approximate surface area is 211 Å². The van der Waals surface area contributed by atoms with Crippen LogP contribution < -0.4 is 5.32 Å². The summed E-state index contributed by atoms with van der Waals surface area (Å²) in [7, 11) is 0. The van der Waals surface area contributed by atoms with Gasteiger partial charge in [0.1, 0.15) is 17.0 Å². The number of nitrogens with zero attached hydrogens (tertiary/aromatic N) is 7. The number of piperidine rings is 1. The lowest BCUT2D eigenvalue weighted by Gasteiger charge is -2.52. The number of anilines is 1. The molecule has 2 aliphatic heterocycles. The molecule has 0 spiro atoms. The van der Waals surface area contributed by atoms with Crippen LogP contribution in [0.5, 0.6) is 0 Å². The van der Waals surface area contributed by atoms with Crippen LogP contribution in [0, 0.1) is 6.92 Å². The Kier molecular flexibility index (Phi) is 5.31. The molecule has 0 radical (unpaired) electrons. The third kappa shape index (κ3) is 3.74. The van der Waals surface area contributed by atoms with E-state index < -0.39 is 5.67 Å². The van der Waals surface area contributed by atoms with Crippen LogP contribution in [0.15, 0.2) is 30.6 Å². The summed E-state index contributed by atoms with van der Waals surface area (Å²) < 4.78 is 25.0. The highest BCUT2D eigenvalue weighted by atomic mass is 19.1. The van der Waals surface area contributed by atoms with Crippen molar-refractivity contribution in [3.8, 4) is 11.3 Å². The molecule has 6 heterocycles. The summed E-state index contributed by atoms with van der Waals surface area (Å²) in [5.74, 6) is 1.37. The molecule has 0 amide bonds. The molecule has 0 bridgehead atoms. The number of fused-ring (bicyclic) bond motifs is 2. The van der Waals surface area contributed by atoms with Crippen LogP contribution in [-0.4, -0.2) is 77.6 Å². The van der Waals surface area contributed by atoms with E-state index in [1.807, 2.05) is 31.3 Å². The Bertz CT molecular complexity index is 1440. The lowest BCUT2D eigenvalue weighted by atomic mass is 9.86. The van der Waals surface area contributed by atoms with E-state index in [0.29, 0.717) is 32.1 Å². The van der Waals surface area contributed by atoms with Crippen molar-refractivity contribution in [3.63, 3.8) is 0 Å². The van der Waals surface area contributed by atoms with Crippen LogP contribution in [0.25, 0.3) is 27.9 Å². The summed E-state index contributed by atoms with van der Waals surface area (Å²) in [5, 5.41) is 7.90. The number of halogens is 1. The average Bonchev–Trinajstić information content (AvgIpc) is 3.37. The summed E-state index contributed by atoms with van der Waals surface area (Å²) in [6.45, 7) is 12.6. The van der Waals surface area contributed by atoms with E-state index >= 15 is 4.39 Å². The fourth-order valence-electron chi connectivity index (χ4n) is 5.61. The molecule has 10 heteroatoms.